The maximum atomic E-state index is 12.2. The van der Waals surface area contributed by atoms with Crippen LogP contribution in [0.5, 0.6) is 5.75 Å². The fourth-order valence-electron chi connectivity index (χ4n) is 13.2. The number of carbonyl (C=O) groups excluding carboxylic acids is 1. The molecule has 0 spiro atoms. The number of ether oxygens (including phenoxy) is 2. The molecule has 4 aromatic carbocycles. The highest BCUT2D eigenvalue weighted by Crippen LogP contribution is 2.41. The molecule has 1 amide bonds. The predicted octanol–water partition coefficient (Wildman–Crippen LogP) is 13.9. The second kappa shape index (κ2) is 34.5. The number of fused-ring (bicyclic) bond motifs is 8. The van der Waals surface area contributed by atoms with Crippen molar-refractivity contribution < 1.29 is 14.3 Å². The molecule has 32 heteroatoms. The maximum Gasteiger partial charge on any atom is 0.251 e. The molecular formula is C82H94N28O3S. The number of amides is 1. The smallest absolute Gasteiger partial charge is 0.251 e. The first-order chi connectivity index (χ1) is 52.8. The van der Waals surface area contributed by atoms with E-state index in [4.69, 9.17) is 38.1 Å². The predicted molar refractivity (Wildman–Crippen MR) is 457 cm³/mol. The summed E-state index contributed by atoms with van der Waals surface area (Å²) in [6, 6.07) is 28.1. The van der Waals surface area contributed by atoms with Gasteiger partial charge in [-0.05, 0) is 98.5 Å². The molecule has 16 aromatic rings. The van der Waals surface area contributed by atoms with E-state index in [1.165, 1.54) is 41.7 Å². The number of hydrogen-bond donors (Lipinski definition) is 6. The molecule has 11 N–H and O–H groups in total. The Morgan fingerprint density at radius 2 is 0.974 bits per heavy atom. The van der Waals surface area contributed by atoms with Gasteiger partial charge in [0.1, 0.15) is 107 Å². The standard InChI is InChI=1S/C18H19N5O.C17H15N5O.C16H16N6O.C14H11N5S.C12H13N7.5CH4/c1-3-24-14-7-6-11-8-13(5-4-12(11)9-14)16-15-17(19)20-10-21-18(15)23(2)22-16;1-22-17-14(16(18)19-9-20-17)15(21-22)12-4-3-11-8-13(23-2)6-5-10(11)7-12;1-22-15-12(14(17)18-8-19-15)13(21-22)9-3-2-4-10(7-9)16(23)20-11-5-6-11;1-19-14-11(13(15)16-7-17-14)12(18-19)9-6-20-10-5-3-2-4-8(9)10;1-6-8(4-14-7(2)17-6)10-9-11(13)15-5-16-12(9)19(3)18-10;;;;;/h4-12H,3H2,1-2H3,(H2,19,20,21);3-9H,1-2H3,(H2,18,19,20);2-4,7-8,11H,5-6H2,1H3,(H,20,23)(H2,17,18,19);2-7H,1H3,(H2,15,16,17);4-5H,1-3H3,(H2,13,15,16);5*1H4. The van der Waals surface area contributed by atoms with E-state index in [2.05, 4.69) is 145 Å². The third kappa shape index (κ3) is 16.1. The Bertz CT molecular complexity index is 6360. The lowest BCUT2D eigenvalue weighted by Gasteiger charge is -2.24. The lowest BCUT2D eigenvalue weighted by atomic mass is 9.82. The van der Waals surface area contributed by atoms with Crippen LogP contribution in [0.1, 0.15) is 84.5 Å². The van der Waals surface area contributed by atoms with E-state index < -0.39 is 0 Å². The molecule has 31 nitrogen and oxygen atoms in total. The monoisotopic (exact) mass is 1550 g/mol. The number of benzene rings is 4. The van der Waals surface area contributed by atoms with Crippen molar-refractivity contribution in [1.82, 2.24) is 114 Å². The summed E-state index contributed by atoms with van der Waals surface area (Å²) in [5.41, 5.74) is 43.7. The van der Waals surface area contributed by atoms with E-state index in [1.807, 2.05) is 123 Å². The summed E-state index contributed by atoms with van der Waals surface area (Å²) in [7, 11) is 10.9. The van der Waals surface area contributed by atoms with Gasteiger partial charge in [0.2, 0.25) is 0 Å². The summed E-state index contributed by atoms with van der Waals surface area (Å²) in [5.74, 6) is 5.19. The van der Waals surface area contributed by atoms with E-state index in [-0.39, 0.29) is 49.0 Å². The van der Waals surface area contributed by atoms with Crippen LogP contribution < -0.4 is 38.7 Å². The Hall–Kier alpha value is -14.0. The lowest BCUT2D eigenvalue weighted by molar-refractivity contribution is 0.0951. The van der Waals surface area contributed by atoms with Gasteiger partial charge in [-0.1, -0.05) is 110 Å². The first kappa shape index (κ1) is 82.5. The zero-order chi connectivity index (χ0) is 75.9. The fourth-order valence-corrected chi connectivity index (χ4v) is 14.2. The number of aryl methyl sites for hydroxylation is 7. The number of nitrogens with one attached hydrogen (secondary N) is 1. The number of thiophene rings is 1. The van der Waals surface area contributed by atoms with Crippen LogP contribution in [0.25, 0.3) is 127 Å². The molecule has 586 valence electrons. The summed E-state index contributed by atoms with van der Waals surface area (Å²) >= 11 is 1.70. The molecule has 114 heavy (non-hydrogen) atoms. The molecule has 1 saturated carbocycles. The number of allylic oxidation sites excluding steroid dienone is 7. The van der Waals surface area contributed by atoms with Crippen LogP contribution in [0.15, 0.2) is 170 Å². The van der Waals surface area contributed by atoms with Crippen molar-refractivity contribution in [2.75, 3.05) is 42.4 Å². The Morgan fingerprint density at radius 3 is 1.50 bits per heavy atom. The van der Waals surface area contributed by atoms with Gasteiger partial charge in [0.15, 0.2) is 28.2 Å². The van der Waals surface area contributed by atoms with Gasteiger partial charge in [0.25, 0.3) is 5.91 Å². The Morgan fingerprint density at radius 1 is 0.509 bits per heavy atom. The van der Waals surface area contributed by atoms with Gasteiger partial charge >= 0.3 is 0 Å². The van der Waals surface area contributed by atoms with Gasteiger partial charge in [-0.25, -0.2) is 83.2 Å². The fraction of sp³-hybridized carbons (Fsp3) is 0.244. The molecule has 12 aromatic heterocycles. The van der Waals surface area contributed by atoms with Crippen molar-refractivity contribution in [3.05, 3.63) is 193 Å². The second-order valence-corrected chi connectivity index (χ2v) is 26.9. The first-order valence-electron chi connectivity index (χ1n) is 34.7. The van der Waals surface area contributed by atoms with E-state index in [9.17, 15) is 4.79 Å². The molecule has 0 aliphatic heterocycles. The number of nitrogens with zero attached hydrogens (tertiary/aromatic N) is 22. The van der Waals surface area contributed by atoms with Crippen LogP contribution in [-0.2, 0) is 40.0 Å². The maximum absolute atomic E-state index is 12.2. The van der Waals surface area contributed by atoms with Gasteiger partial charge in [0.05, 0.1) is 46.3 Å². The van der Waals surface area contributed by atoms with Crippen LogP contribution in [0.3, 0.4) is 0 Å². The molecule has 0 bridgehead atoms. The summed E-state index contributed by atoms with van der Waals surface area (Å²) in [6.45, 7) is 6.45. The van der Waals surface area contributed by atoms with Crippen molar-refractivity contribution in [3.63, 3.8) is 0 Å². The highest BCUT2D eigenvalue weighted by atomic mass is 32.1. The number of carbonyl (C=O) groups is 1. The van der Waals surface area contributed by atoms with Crippen LogP contribution in [-0.4, -0.2) is 134 Å². The molecule has 19 rings (SSSR count). The normalized spacial score (nSPS) is 13.7. The number of aromatic nitrogens is 22. The van der Waals surface area contributed by atoms with Gasteiger partial charge in [-0.3, -0.25) is 4.79 Å². The number of nitrogen functional groups attached to an aromatic ring is 5. The zero-order valence-electron chi connectivity index (χ0n) is 60.8. The summed E-state index contributed by atoms with van der Waals surface area (Å²) < 4.78 is 20.6. The number of methoxy groups -OCH3 is 1. The number of anilines is 5. The molecule has 3 aliphatic rings. The molecule has 1 fully saturated rings. The third-order valence-electron chi connectivity index (χ3n) is 18.7. The second-order valence-electron chi connectivity index (χ2n) is 26.0. The minimum Gasteiger partial charge on any atom is -0.497 e. The Kier molecular flexibility index (Phi) is 24.9. The summed E-state index contributed by atoms with van der Waals surface area (Å²) in [5, 5.41) is 35.1. The van der Waals surface area contributed by atoms with Gasteiger partial charge in [0, 0.05) is 103 Å². The molecule has 0 radical (unpaired) electrons. The zero-order valence-corrected chi connectivity index (χ0v) is 61.6. The largest absolute Gasteiger partial charge is 0.497 e. The highest BCUT2D eigenvalue weighted by molar-refractivity contribution is 7.17. The van der Waals surface area contributed by atoms with Gasteiger partial charge < -0.3 is 43.5 Å². The number of hydrogen-bond acceptors (Lipinski definition) is 26. The van der Waals surface area contributed by atoms with Crippen LogP contribution in [0, 0.1) is 25.7 Å². The van der Waals surface area contributed by atoms with Crippen molar-refractivity contribution in [3.8, 4) is 50.8 Å². The summed E-state index contributed by atoms with van der Waals surface area (Å²) in [4.78, 5) is 62.4. The molecule has 3 aliphatic carbocycles. The van der Waals surface area contributed by atoms with E-state index in [1.54, 1.807) is 54.1 Å². The van der Waals surface area contributed by atoms with Crippen LogP contribution >= 0.6 is 11.3 Å². The van der Waals surface area contributed by atoms with Gasteiger partial charge in [-0.15, -0.1) is 11.3 Å². The van der Waals surface area contributed by atoms with Gasteiger partial charge in [-0.2, -0.15) is 25.5 Å². The van der Waals surface area contributed by atoms with Crippen molar-refractivity contribution in [2.24, 2.45) is 47.1 Å². The Labute approximate surface area is 662 Å². The topological polar surface area (TPSA) is 421 Å². The SMILES string of the molecule is C.C.C.C.C.CCOC1=CC2C=CC(c3nn(C)c4ncnc(N)c34)=CC2C=C1.COc1ccc2cc(-c3nn(C)c4ncnc(N)c34)ccc2c1.Cc1ncc(-c2nn(C)c3ncnc(N)c23)c(C)n1.Cn1nc(-c2cccc(C(=O)NC3CC3)c2)c2c(N)ncnc21.Cn1nc(-c2csc3ccccc23)c2c(N)ncnc21. The van der Waals surface area contributed by atoms with Crippen molar-refractivity contribution in [2.45, 2.75) is 76.8 Å². The van der Waals surface area contributed by atoms with E-state index in [0.29, 0.717) is 81.3 Å². The van der Waals surface area contributed by atoms with Crippen LogP contribution in [0.2, 0.25) is 0 Å². The molecule has 12 heterocycles. The quantitative estimate of drug-likeness (QED) is 0.0740. The van der Waals surface area contributed by atoms with E-state index in [0.717, 1.165) is 130 Å². The first-order valence-corrected chi connectivity index (χ1v) is 35.5. The minimum absolute atomic E-state index is 0. The molecule has 2 unspecified atom stereocenters. The van der Waals surface area contributed by atoms with Crippen molar-refractivity contribution in [1.29, 1.82) is 0 Å². The Balaban J connectivity index is 0.000000150. The lowest BCUT2D eigenvalue weighted by Crippen LogP contribution is -2.25. The van der Waals surface area contributed by atoms with Crippen LogP contribution in [0.4, 0.5) is 29.1 Å². The minimum atomic E-state index is -0.0567. The molecule has 2 atom stereocenters. The average Bonchev–Trinajstić information content (AvgIpc) is 1.63. The highest BCUT2D eigenvalue weighted by Gasteiger charge is 2.28. The molecule has 0 saturated heterocycles. The third-order valence-corrected chi connectivity index (χ3v) is 19.7. The van der Waals surface area contributed by atoms with Crippen molar-refractivity contribution >= 4 is 128 Å². The van der Waals surface area contributed by atoms with E-state index >= 15 is 0 Å². The number of rotatable bonds is 10. The molecular weight excluding hydrogens is 1460 g/mol. The summed E-state index contributed by atoms with van der Waals surface area (Å²) in [6.07, 6.45) is 24.0. The average molecular weight is 1550 g/mol. The number of nitrogens with two attached hydrogens (primary N) is 5.